The van der Waals surface area contributed by atoms with Gasteiger partial charge in [-0.1, -0.05) is 6.07 Å². The zero-order valence-corrected chi connectivity index (χ0v) is 24.9. The van der Waals surface area contributed by atoms with Crippen LogP contribution in [-0.2, 0) is 9.59 Å². The minimum Gasteiger partial charge on any atom is -0.461 e. The Hall–Kier alpha value is -4.67. The van der Waals surface area contributed by atoms with E-state index in [0.717, 1.165) is 55.5 Å². The Labute approximate surface area is 250 Å². The van der Waals surface area contributed by atoms with Crippen molar-refractivity contribution in [2.75, 3.05) is 45.6 Å². The predicted molar refractivity (Wildman–Crippen MR) is 164 cm³/mol. The first kappa shape index (κ1) is 29.8. The molecule has 0 unspecified atom stereocenters. The number of hydrogen-bond donors (Lipinski definition) is 2. The highest BCUT2D eigenvalue weighted by molar-refractivity contribution is 6.11. The number of amides is 4. The smallest absolute Gasteiger partial charge is 0.257 e. The molecule has 0 radical (unpaired) electrons. The van der Waals surface area contributed by atoms with Crippen LogP contribution in [-0.4, -0.2) is 90.6 Å². The number of nitrogens with zero attached hydrogens (tertiary/aromatic N) is 4. The summed E-state index contributed by atoms with van der Waals surface area (Å²) in [5, 5.41) is 6.88. The Kier molecular flexibility index (Phi) is 9.08. The number of carbonyl (C=O) groups is 4. The molecule has 2 aromatic carbocycles. The number of nitrogens with one attached hydrogen (secondary N) is 2. The van der Waals surface area contributed by atoms with Crippen LogP contribution in [0, 0.1) is 6.92 Å². The molecule has 3 aromatic rings. The summed E-state index contributed by atoms with van der Waals surface area (Å²) in [4.78, 5) is 62.0. The van der Waals surface area contributed by atoms with Crippen molar-refractivity contribution in [1.29, 1.82) is 0 Å². The van der Waals surface area contributed by atoms with Gasteiger partial charge in [0.15, 0.2) is 0 Å². The average Bonchev–Trinajstić information content (AvgIpc) is 3.63. The van der Waals surface area contributed by atoms with Gasteiger partial charge in [-0.3, -0.25) is 24.5 Å². The summed E-state index contributed by atoms with van der Waals surface area (Å²) in [6.07, 6.45) is 3.98. The van der Waals surface area contributed by atoms with Crippen LogP contribution >= 0.6 is 0 Å². The number of benzene rings is 2. The monoisotopic (exact) mass is 586 g/mol. The number of aliphatic imine (C=N–C) groups is 1. The van der Waals surface area contributed by atoms with Crippen LogP contribution < -0.4 is 10.6 Å². The minimum atomic E-state index is -0.779. The molecule has 2 fully saturated rings. The van der Waals surface area contributed by atoms with Gasteiger partial charge in [0.2, 0.25) is 17.8 Å². The van der Waals surface area contributed by atoms with Crippen LogP contribution in [0.15, 0.2) is 57.9 Å². The third kappa shape index (κ3) is 7.22. The fraction of sp³-hybridized carbons (Fsp3) is 0.406. The number of guanidine groups is 1. The number of anilines is 1. The van der Waals surface area contributed by atoms with Crippen molar-refractivity contribution in [2.45, 2.75) is 45.1 Å². The Bertz CT molecular complexity index is 1550. The number of hydrogen-bond acceptors (Lipinski definition) is 6. The van der Waals surface area contributed by atoms with E-state index < -0.39 is 11.9 Å². The van der Waals surface area contributed by atoms with E-state index in [1.807, 2.05) is 30.0 Å². The summed E-state index contributed by atoms with van der Waals surface area (Å²) >= 11 is 0. The second kappa shape index (κ2) is 13.1. The number of rotatable bonds is 6. The highest BCUT2D eigenvalue weighted by Gasteiger charge is 2.30. The highest BCUT2D eigenvalue weighted by Crippen LogP contribution is 2.23. The predicted octanol–water partition coefficient (Wildman–Crippen LogP) is 3.64. The lowest BCUT2D eigenvalue weighted by molar-refractivity contribution is -0.140. The molecule has 2 aliphatic heterocycles. The van der Waals surface area contributed by atoms with Crippen LogP contribution in [0.3, 0.4) is 0 Å². The molecule has 1 aromatic heterocycles. The molecular weight excluding hydrogens is 548 g/mol. The van der Waals surface area contributed by atoms with Gasteiger partial charge in [-0.25, -0.2) is 4.99 Å². The van der Waals surface area contributed by atoms with Crippen molar-refractivity contribution in [3.63, 3.8) is 0 Å². The van der Waals surface area contributed by atoms with Gasteiger partial charge in [-0.2, -0.15) is 0 Å². The molecule has 1 atom stereocenters. The number of furan rings is 1. The lowest BCUT2D eigenvalue weighted by Crippen LogP contribution is -2.45. The first-order chi connectivity index (χ1) is 20.7. The zero-order chi connectivity index (χ0) is 30.5. The van der Waals surface area contributed by atoms with Crippen LogP contribution in [0.5, 0.6) is 0 Å². The van der Waals surface area contributed by atoms with Crippen molar-refractivity contribution in [1.82, 2.24) is 20.0 Å². The molecule has 0 bridgehead atoms. The summed E-state index contributed by atoms with van der Waals surface area (Å²) in [6, 6.07) is 13.1. The van der Waals surface area contributed by atoms with E-state index in [4.69, 9.17) is 9.41 Å². The molecule has 0 spiro atoms. The first-order valence-electron chi connectivity index (χ1n) is 14.7. The van der Waals surface area contributed by atoms with E-state index in [0.29, 0.717) is 24.2 Å². The second-order valence-electron chi connectivity index (χ2n) is 11.3. The lowest BCUT2D eigenvalue weighted by atomic mass is 10.1. The summed E-state index contributed by atoms with van der Waals surface area (Å²) < 4.78 is 5.69. The fourth-order valence-corrected chi connectivity index (χ4v) is 5.46. The topological polar surface area (TPSA) is 128 Å². The largest absolute Gasteiger partial charge is 0.461 e. The maximum absolute atomic E-state index is 13.7. The van der Waals surface area contributed by atoms with Crippen molar-refractivity contribution in [3.8, 4) is 0 Å². The van der Waals surface area contributed by atoms with Crippen molar-refractivity contribution >= 4 is 46.2 Å². The minimum absolute atomic E-state index is 0.0309. The van der Waals surface area contributed by atoms with Gasteiger partial charge in [0.25, 0.3) is 11.8 Å². The maximum atomic E-state index is 13.7. The van der Waals surface area contributed by atoms with Gasteiger partial charge in [-0.15, -0.1) is 0 Å². The molecular formula is C32H38N6O5. The van der Waals surface area contributed by atoms with Crippen LogP contribution in [0.2, 0.25) is 0 Å². The zero-order valence-electron chi connectivity index (χ0n) is 24.9. The normalized spacial score (nSPS) is 17.6. The molecule has 3 heterocycles. The first-order valence-corrected chi connectivity index (χ1v) is 14.7. The Morgan fingerprint density at radius 2 is 1.72 bits per heavy atom. The summed E-state index contributed by atoms with van der Waals surface area (Å²) in [5.41, 5.74) is 2.02. The van der Waals surface area contributed by atoms with E-state index in [-0.39, 0.29) is 35.8 Å². The van der Waals surface area contributed by atoms with Gasteiger partial charge in [0.05, 0.1) is 6.54 Å². The third-order valence-corrected chi connectivity index (χ3v) is 7.73. The molecule has 43 heavy (non-hydrogen) atoms. The SMILES string of the molecule is Cc1cc2cc(NC(=N[C@H]3CCCCN(CC(=O)N4CCCC4)C3=O)NC(=O)c3cccc(C(=O)N(C)C)c3)ccc2o1. The molecule has 4 amide bonds. The van der Waals surface area contributed by atoms with Gasteiger partial charge >= 0.3 is 0 Å². The average molecular weight is 587 g/mol. The van der Waals surface area contributed by atoms with Gasteiger partial charge in [-0.05, 0) is 81.5 Å². The molecule has 0 aliphatic carbocycles. The Balaban J connectivity index is 1.41. The Morgan fingerprint density at radius 1 is 0.977 bits per heavy atom. The molecule has 11 nitrogen and oxygen atoms in total. The highest BCUT2D eigenvalue weighted by atomic mass is 16.3. The van der Waals surface area contributed by atoms with Crippen molar-refractivity contribution in [2.24, 2.45) is 4.99 Å². The molecule has 11 heteroatoms. The molecule has 2 aliphatic rings. The molecule has 2 saturated heterocycles. The van der Waals surface area contributed by atoms with Crippen LogP contribution in [0.25, 0.3) is 11.0 Å². The van der Waals surface area contributed by atoms with E-state index >= 15 is 0 Å². The van der Waals surface area contributed by atoms with E-state index in [1.54, 1.807) is 43.3 Å². The number of aryl methyl sites for hydroxylation is 1. The van der Waals surface area contributed by atoms with Crippen molar-refractivity contribution < 1.29 is 23.6 Å². The number of carbonyl (C=O) groups excluding carboxylic acids is 4. The third-order valence-electron chi connectivity index (χ3n) is 7.73. The number of likely N-dealkylation sites (tertiary alicyclic amines) is 2. The molecule has 0 saturated carbocycles. The van der Waals surface area contributed by atoms with Gasteiger partial charge in [0, 0.05) is 55.9 Å². The summed E-state index contributed by atoms with van der Waals surface area (Å²) in [5.74, 6) is -0.120. The standard InChI is InChI=1S/C32H38N6O5/c1-21-17-24-19-25(12-13-27(24)43-21)33-32(35-29(40)22-9-8-10-23(18-22)30(41)36(2)3)34-26-11-4-5-16-38(31(26)42)20-28(39)37-14-6-7-15-37/h8-10,12-13,17-19,26H,4-7,11,14-16,20H2,1-3H3,(H2,33,34,35,40)/t26-/m0/s1. The fourth-order valence-electron chi connectivity index (χ4n) is 5.46. The molecule has 5 rings (SSSR count). The van der Waals surface area contributed by atoms with Crippen LogP contribution in [0.4, 0.5) is 5.69 Å². The lowest BCUT2D eigenvalue weighted by Gasteiger charge is -2.25. The van der Waals surface area contributed by atoms with Gasteiger partial charge in [0.1, 0.15) is 17.4 Å². The van der Waals surface area contributed by atoms with E-state index in [1.165, 1.54) is 11.0 Å². The van der Waals surface area contributed by atoms with Crippen molar-refractivity contribution in [3.05, 3.63) is 65.4 Å². The molecule has 2 N–H and O–H groups in total. The quantitative estimate of drug-likeness (QED) is 0.335. The van der Waals surface area contributed by atoms with Crippen LogP contribution in [0.1, 0.15) is 58.6 Å². The van der Waals surface area contributed by atoms with E-state index in [2.05, 4.69) is 10.6 Å². The van der Waals surface area contributed by atoms with Gasteiger partial charge < -0.3 is 24.4 Å². The maximum Gasteiger partial charge on any atom is 0.257 e. The number of fused-ring (bicyclic) bond motifs is 1. The summed E-state index contributed by atoms with van der Waals surface area (Å²) in [7, 11) is 3.29. The second-order valence-corrected chi connectivity index (χ2v) is 11.3. The van der Waals surface area contributed by atoms with E-state index in [9.17, 15) is 19.2 Å². The Morgan fingerprint density at radius 3 is 2.49 bits per heavy atom. The molecule has 226 valence electrons. The summed E-state index contributed by atoms with van der Waals surface area (Å²) in [6.45, 7) is 3.84.